The molecule has 2 atom stereocenters. The highest BCUT2D eigenvalue weighted by molar-refractivity contribution is 5.39. The maximum absolute atomic E-state index is 5.52. The number of benzene rings is 2. The summed E-state index contributed by atoms with van der Waals surface area (Å²) in [6.07, 6.45) is 1.09. The van der Waals surface area contributed by atoms with E-state index in [0.29, 0.717) is 6.04 Å². The van der Waals surface area contributed by atoms with E-state index in [0.717, 1.165) is 19.6 Å². The van der Waals surface area contributed by atoms with Gasteiger partial charge in [0, 0.05) is 12.6 Å². The van der Waals surface area contributed by atoms with Crippen LogP contribution in [0.5, 0.6) is 0 Å². The second kappa shape index (κ2) is 6.42. The predicted molar refractivity (Wildman–Crippen MR) is 86.6 cm³/mol. The highest BCUT2D eigenvalue weighted by Crippen LogP contribution is 2.27. The van der Waals surface area contributed by atoms with Gasteiger partial charge in [-0.1, -0.05) is 54.1 Å². The molecule has 0 radical (unpaired) electrons. The largest absolute Gasteiger partial charge is 0.380 e. The third kappa shape index (κ3) is 3.34. The molecular formula is C19H23NO. The van der Waals surface area contributed by atoms with Crippen molar-refractivity contribution in [3.8, 4) is 0 Å². The fraction of sp³-hybridized carbons (Fsp3) is 0.368. The molecule has 1 saturated heterocycles. The average molecular weight is 281 g/mol. The van der Waals surface area contributed by atoms with Crippen molar-refractivity contribution >= 4 is 0 Å². The summed E-state index contributed by atoms with van der Waals surface area (Å²) in [7, 11) is 0. The van der Waals surface area contributed by atoms with Gasteiger partial charge in [-0.25, -0.2) is 0 Å². The van der Waals surface area contributed by atoms with Gasteiger partial charge >= 0.3 is 0 Å². The molecule has 1 fully saturated rings. The van der Waals surface area contributed by atoms with Gasteiger partial charge in [0.1, 0.15) is 0 Å². The van der Waals surface area contributed by atoms with E-state index in [9.17, 15) is 0 Å². The molecule has 0 aromatic heterocycles. The molecular weight excluding hydrogens is 258 g/mol. The Labute approximate surface area is 127 Å². The average Bonchev–Trinajstić information content (AvgIpc) is 2.99. The number of ether oxygens (including phenoxy) is 1. The first-order valence-corrected chi connectivity index (χ1v) is 7.70. The van der Waals surface area contributed by atoms with Crippen molar-refractivity contribution in [2.75, 3.05) is 13.2 Å². The molecule has 21 heavy (non-hydrogen) atoms. The van der Waals surface area contributed by atoms with E-state index < -0.39 is 0 Å². The monoisotopic (exact) mass is 281 g/mol. The lowest BCUT2D eigenvalue weighted by atomic mass is 9.93. The summed E-state index contributed by atoms with van der Waals surface area (Å²) in [5.41, 5.74) is 5.33. The van der Waals surface area contributed by atoms with E-state index in [1.54, 1.807) is 0 Å². The molecule has 2 aromatic rings. The molecule has 0 bridgehead atoms. The Morgan fingerprint density at radius 3 is 2.57 bits per heavy atom. The summed E-state index contributed by atoms with van der Waals surface area (Å²) in [6, 6.07) is 18.1. The van der Waals surface area contributed by atoms with E-state index >= 15 is 0 Å². The molecule has 1 N–H and O–H groups in total. The molecule has 0 saturated carbocycles. The van der Waals surface area contributed by atoms with Gasteiger partial charge in [-0.05, 0) is 37.0 Å². The number of hydrogen-bond acceptors (Lipinski definition) is 2. The molecule has 1 aliphatic rings. The van der Waals surface area contributed by atoms with E-state index in [2.05, 4.69) is 67.7 Å². The van der Waals surface area contributed by atoms with Crippen molar-refractivity contribution in [2.24, 2.45) is 0 Å². The Balaban J connectivity index is 1.94. The molecule has 110 valence electrons. The summed E-state index contributed by atoms with van der Waals surface area (Å²) in [5, 5.41) is 3.78. The first-order valence-electron chi connectivity index (χ1n) is 7.70. The minimum atomic E-state index is 0.235. The molecule has 2 unspecified atom stereocenters. The van der Waals surface area contributed by atoms with Crippen LogP contribution in [0.15, 0.2) is 48.5 Å². The van der Waals surface area contributed by atoms with Gasteiger partial charge in [-0.15, -0.1) is 0 Å². The standard InChI is InChI=1S/C19H23NO/c1-14-8-9-18(15(2)12-14)19(16-6-4-3-5-7-16)20-17-10-11-21-13-17/h3-9,12,17,19-20H,10-11,13H2,1-2H3. The summed E-state index contributed by atoms with van der Waals surface area (Å²) in [6.45, 7) is 6.03. The summed E-state index contributed by atoms with van der Waals surface area (Å²) in [5.74, 6) is 0. The Hall–Kier alpha value is -1.64. The van der Waals surface area contributed by atoms with Crippen molar-refractivity contribution in [3.05, 3.63) is 70.8 Å². The lowest BCUT2D eigenvalue weighted by Gasteiger charge is -2.25. The molecule has 2 heteroatoms. The first-order chi connectivity index (χ1) is 10.2. The summed E-state index contributed by atoms with van der Waals surface area (Å²) < 4.78 is 5.52. The van der Waals surface area contributed by atoms with Gasteiger partial charge in [0.2, 0.25) is 0 Å². The summed E-state index contributed by atoms with van der Waals surface area (Å²) >= 11 is 0. The minimum absolute atomic E-state index is 0.235. The SMILES string of the molecule is Cc1ccc(C(NC2CCOC2)c2ccccc2)c(C)c1. The Morgan fingerprint density at radius 2 is 1.90 bits per heavy atom. The molecule has 0 aliphatic carbocycles. The lowest BCUT2D eigenvalue weighted by molar-refractivity contribution is 0.189. The lowest BCUT2D eigenvalue weighted by Crippen LogP contribution is -2.34. The zero-order chi connectivity index (χ0) is 14.7. The normalized spacial score (nSPS) is 19.6. The highest BCUT2D eigenvalue weighted by Gasteiger charge is 2.22. The number of aryl methyl sites for hydroxylation is 2. The van der Waals surface area contributed by atoms with Gasteiger partial charge in [0.25, 0.3) is 0 Å². The number of hydrogen-bond donors (Lipinski definition) is 1. The molecule has 0 spiro atoms. The molecule has 1 heterocycles. The number of rotatable bonds is 4. The second-order valence-electron chi connectivity index (χ2n) is 5.93. The zero-order valence-corrected chi connectivity index (χ0v) is 12.8. The highest BCUT2D eigenvalue weighted by atomic mass is 16.5. The maximum atomic E-state index is 5.52. The Bertz CT molecular complexity index is 588. The maximum Gasteiger partial charge on any atom is 0.0620 e. The van der Waals surface area contributed by atoms with Gasteiger partial charge in [0.05, 0.1) is 12.6 Å². The fourth-order valence-electron chi connectivity index (χ4n) is 3.06. The molecule has 3 rings (SSSR count). The topological polar surface area (TPSA) is 21.3 Å². The molecule has 1 aliphatic heterocycles. The predicted octanol–water partition coefficient (Wildman–Crippen LogP) is 3.77. The zero-order valence-electron chi connectivity index (χ0n) is 12.8. The minimum Gasteiger partial charge on any atom is -0.380 e. The first kappa shape index (κ1) is 14.3. The van der Waals surface area contributed by atoms with Gasteiger partial charge in [0.15, 0.2) is 0 Å². The van der Waals surface area contributed by atoms with Crippen LogP contribution in [0.2, 0.25) is 0 Å². The van der Waals surface area contributed by atoms with E-state index in [-0.39, 0.29) is 6.04 Å². The Kier molecular flexibility index (Phi) is 4.37. The van der Waals surface area contributed by atoms with Crippen LogP contribution in [-0.2, 0) is 4.74 Å². The summed E-state index contributed by atoms with van der Waals surface area (Å²) in [4.78, 5) is 0. The van der Waals surface area contributed by atoms with Crippen LogP contribution in [0, 0.1) is 13.8 Å². The van der Waals surface area contributed by atoms with Crippen LogP contribution in [0.1, 0.15) is 34.7 Å². The van der Waals surface area contributed by atoms with Crippen LogP contribution in [0.4, 0.5) is 0 Å². The molecule has 2 nitrogen and oxygen atoms in total. The number of nitrogens with one attached hydrogen (secondary N) is 1. The molecule has 2 aromatic carbocycles. The Morgan fingerprint density at radius 1 is 1.10 bits per heavy atom. The van der Waals surface area contributed by atoms with Crippen molar-refractivity contribution < 1.29 is 4.74 Å². The van der Waals surface area contributed by atoms with Gasteiger partial charge in [-0.2, -0.15) is 0 Å². The smallest absolute Gasteiger partial charge is 0.0620 e. The third-order valence-electron chi connectivity index (χ3n) is 4.20. The van der Waals surface area contributed by atoms with E-state index in [4.69, 9.17) is 4.74 Å². The van der Waals surface area contributed by atoms with Crippen LogP contribution >= 0.6 is 0 Å². The van der Waals surface area contributed by atoms with Crippen LogP contribution in [-0.4, -0.2) is 19.3 Å². The fourth-order valence-corrected chi connectivity index (χ4v) is 3.06. The van der Waals surface area contributed by atoms with Crippen molar-refractivity contribution in [2.45, 2.75) is 32.4 Å². The molecule has 0 amide bonds. The van der Waals surface area contributed by atoms with Crippen molar-refractivity contribution in [1.29, 1.82) is 0 Å². The van der Waals surface area contributed by atoms with Crippen LogP contribution in [0.3, 0.4) is 0 Å². The van der Waals surface area contributed by atoms with Crippen LogP contribution < -0.4 is 5.32 Å². The van der Waals surface area contributed by atoms with E-state index in [1.165, 1.54) is 22.3 Å². The third-order valence-corrected chi connectivity index (χ3v) is 4.20. The van der Waals surface area contributed by atoms with Crippen molar-refractivity contribution in [1.82, 2.24) is 5.32 Å². The van der Waals surface area contributed by atoms with Crippen molar-refractivity contribution in [3.63, 3.8) is 0 Å². The van der Waals surface area contributed by atoms with Gasteiger partial charge < -0.3 is 10.1 Å². The van der Waals surface area contributed by atoms with E-state index in [1.807, 2.05) is 0 Å². The van der Waals surface area contributed by atoms with Crippen LogP contribution in [0.25, 0.3) is 0 Å². The second-order valence-corrected chi connectivity index (χ2v) is 5.93. The van der Waals surface area contributed by atoms with Gasteiger partial charge in [-0.3, -0.25) is 0 Å². The quantitative estimate of drug-likeness (QED) is 0.921.